The summed E-state index contributed by atoms with van der Waals surface area (Å²) in [6.07, 6.45) is 1.29. The molecule has 0 spiro atoms. The van der Waals surface area contributed by atoms with Crippen LogP contribution in [0.25, 0.3) is 22.0 Å². The smallest absolute Gasteiger partial charge is 0.225 e. The zero-order valence-electron chi connectivity index (χ0n) is 12.8. The standard InChI is InChI=1S/C18H16N4O/c1-2-3-17(23)20-18-15-9-8-14(10-16(15)21-22-18)13-6-4-12(11-19)5-7-13/h4-10H,2-3H2,1H3,(H2,20,21,22,23). The minimum atomic E-state index is -0.0305. The minimum Gasteiger partial charge on any atom is -0.309 e. The summed E-state index contributed by atoms with van der Waals surface area (Å²) in [5.74, 6) is 0.530. The molecule has 0 bridgehead atoms. The molecule has 114 valence electrons. The topological polar surface area (TPSA) is 81.6 Å². The molecule has 1 heterocycles. The van der Waals surface area contributed by atoms with Crippen LogP contribution in [0.15, 0.2) is 42.5 Å². The number of carbonyl (C=O) groups excluding carboxylic acids is 1. The van der Waals surface area contributed by atoms with Crippen LogP contribution in [0.3, 0.4) is 0 Å². The van der Waals surface area contributed by atoms with E-state index in [4.69, 9.17) is 5.26 Å². The van der Waals surface area contributed by atoms with E-state index in [0.717, 1.165) is 28.5 Å². The number of nitriles is 1. The van der Waals surface area contributed by atoms with E-state index < -0.39 is 0 Å². The van der Waals surface area contributed by atoms with E-state index in [1.54, 1.807) is 12.1 Å². The lowest BCUT2D eigenvalue weighted by atomic mass is 10.0. The number of carbonyl (C=O) groups is 1. The molecule has 2 aromatic carbocycles. The second-order valence-electron chi connectivity index (χ2n) is 5.32. The quantitative estimate of drug-likeness (QED) is 0.768. The van der Waals surface area contributed by atoms with E-state index in [-0.39, 0.29) is 5.91 Å². The summed E-state index contributed by atoms with van der Waals surface area (Å²) in [4.78, 5) is 11.7. The van der Waals surface area contributed by atoms with Crippen molar-refractivity contribution in [2.24, 2.45) is 0 Å². The Bertz CT molecular complexity index is 888. The number of rotatable bonds is 4. The fourth-order valence-corrected chi connectivity index (χ4v) is 2.45. The highest BCUT2D eigenvalue weighted by Crippen LogP contribution is 2.27. The number of hydrogen-bond donors (Lipinski definition) is 2. The predicted molar refractivity (Wildman–Crippen MR) is 89.8 cm³/mol. The summed E-state index contributed by atoms with van der Waals surface area (Å²) in [6, 6.07) is 15.4. The van der Waals surface area contributed by atoms with Crippen LogP contribution in [0, 0.1) is 11.3 Å². The van der Waals surface area contributed by atoms with Crippen molar-refractivity contribution in [3.8, 4) is 17.2 Å². The van der Waals surface area contributed by atoms with Crippen LogP contribution < -0.4 is 5.32 Å². The second kappa shape index (κ2) is 6.32. The van der Waals surface area contributed by atoms with Gasteiger partial charge in [0.25, 0.3) is 0 Å². The first-order valence-electron chi connectivity index (χ1n) is 7.50. The van der Waals surface area contributed by atoms with Gasteiger partial charge in [-0.05, 0) is 41.8 Å². The van der Waals surface area contributed by atoms with Crippen LogP contribution in [-0.2, 0) is 4.79 Å². The van der Waals surface area contributed by atoms with Gasteiger partial charge in [0.1, 0.15) is 0 Å². The fourth-order valence-electron chi connectivity index (χ4n) is 2.45. The Hall–Kier alpha value is -3.13. The Kier molecular flexibility index (Phi) is 4.07. The highest BCUT2D eigenvalue weighted by Gasteiger charge is 2.10. The summed E-state index contributed by atoms with van der Waals surface area (Å²) in [5, 5.41) is 19.7. The maximum Gasteiger partial charge on any atom is 0.225 e. The largest absolute Gasteiger partial charge is 0.309 e. The molecular formula is C18H16N4O. The van der Waals surface area contributed by atoms with Crippen molar-refractivity contribution >= 4 is 22.6 Å². The molecule has 0 aliphatic heterocycles. The summed E-state index contributed by atoms with van der Waals surface area (Å²) >= 11 is 0. The maximum atomic E-state index is 11.7. The Morgan fingerprint density at radius 1 is 1.22 bits per heavy atom. The van der Waals surface area contributed by atoms with Gasteiger partial charge in [-0.3, -0.25) is 9.89 Å². The number of aromatic nitrogens is 2. The third kappa shape index (κ3) is 3.06. The van der Waals surface area contributed by atoms with Gasteiger partial charge < -0.3 is 5.32 Å². The van der Waals surface area contributed by atoms with Crippen molar-refractivity contribution < 1.29 is 4.79 Å². The van der Waals surface area contributed by atoms with Crippen molar-refractivity contribution in [1.82, 2.24) is 10.2 Å². The molecule has 1 amide bonds. The predicted octanol–water partition coefficient (Wildman–Crippen LogP) is 3.84. The van der Waals surface area contributed by atoms with Crippen molar-refractivity contribution in [2.45, 2.75) is 19.8 Å². The lowest BCUT2D eigenvalue weighted by Gasteiger charge is -2.03. The average Bonchev–Trinajstić information content (AvgIpc) is 2.97. The molecule has 3 aromatic rings. The minimum absolute atomic E-state index is 0.0305. The van der Waals surface area contributed by atoms with Crippen molar-refractivity contribution in [1.29, 1.82) is 5.26 Å². The molecular weight excluding hydrogens is 288 g/mol. The van der Waals surface area contributed by atoms with Gasteiger partial charge in [0.05, 0.1) is 17.1 Å². The summed E-state index contributed by atoms with van der Waals surface area (Å²) in [5.41, 5.74) is 3.55. The van der Waals surface area contributed by atoms with Crippen LogP contribution in [-0.4, -0.2) is 16.1 Å². The van der Waals surface area contributed by atoms with Gasteiger partial charge in [0.2, 0.25) is 5.91 Å². The summed E-state index contributed by atoms with van der Waals surface area (Å²) < 4.78 is 0. The number of hydrogen-bond acceptors (Lipinski definition) is 3. The van der Waals surface area contributed by atoms with Gasteiger partial charge in [-0.1, -0.05) is 25.1 Å². The lowest BCUT2D eigenvalue weighted by molar-refractivity contribution is -0.116. The number of aromatic amines is 1. The van der Waals surface area contributed by atoms with Crippen LogP contribution in [0.2, 0.25) is 0 Å². The lowest BCUT2D eigenvalue weighted by Crippen LogP contribution is -2.10. The SMILES string of the molecule is CCCC(=O)Nc1n[nH]c2cc(-c3ccc(C#N)cc3)ccc12. The monoisotopic (exact) mass is 304 g/mol. The number of amides is 1. The van der Waals surface area contributed by atoms with Crippen LogP contribution in [0.4, 0.5) is 5.82 Å². The van der Waals surface area contributed by atoms with Gasteiger partial charge in [0.15, 0.2) is 5.82 Å². The van der Waals surface area contributed by atoms with E-state index in [2.05, 4.69) is 21.6 Å². The third-order valence-corrected chi connectivity index (χ3v) is 3.65. The molecule has 1 aromatic heterocycles. The van der Waals surface area contributed by atoms with E-state index >= 15 is 0 Å². The molecule has 2 N–H and O–H groups in total. The van der Waals surface area contributed by atoms with Crippen LogP contribution >= 0.6 is 0 Å². The normalized spacial score (nSPS) is 10.4. The number of nitrogens with zero attached hydrogens (tertiary/aromatic N) is 2. The van der Waals surface area contributed by atoms with E-state index in [9.17, 15) is 4.79 Å². The van der Waals surface area contributed by atoms with Gasteiger partial charge in [0, 0.05) is 11.8 Å². The Labute approximate surface area is 133 Å². The van der Waals surface area contributed by atoms with Crippen molar-refractivity contribution in [3.05, 3.63) is 48.0 Å². The number of fused-ring (bicyclic) bond motifs is 1. The Morgan fingerprint density at radius 3 is 2.65 bits per heavy atom. The van der Waals surface area contributed by atoms with E-state index in [0.29, 0.717) is 17.8 Å². The molecule has 3 rings (SSSR count). The molecule has 23 heavy (non-hydrogen) atoms. The Morgan fingerprint density at radius 2 is 1.96 bits per heavy atom. The third-order valence-electron chi connectivity index (χ3n) is 3.65. The molecule has 0 aliphatic carbocycles. The zero-order chi connectivity index (χ0) is 16.2. The molecule has 0 radical (unpaired) electrons. The number of anilines is 1. The number of H-pyrrole nitrogens is 1. The Balaban J connectivity index is 1.91. The molecule has 0 saturated carbocycles. The second-order valence-corrected chi connectivity index (χ2v) is 5.32. The molecule has 0 fully saturated rings. The van der Waals surface area contributed by atoms with Gasteiger partial charge >= 0.3 is 0 Å². The van der Waals surface area contributed by atoms with Gasteiger partial charge in [-0.15, -0.1) is 0 Å². The first kappa shape index (κ1) is 14.8. The summed E-state index contributed by atoms with van der Waals surface area (Å²) in [6.45, 7) is 1.96. The van der Waals surface area contributed by atoms with Crippen molar-refractivity contribution in [3.63, 3.8) is 0 Å². The van der Waals surface area contributed by atoms with Crippen molar-refractivity contribution in [2.75, 3.05) is 5.32 Å². The van der Waals surface area contributed by atoms with Gasteiger partial charge in [-0.2, -0.15) is 10.4 Å². The van der Waals surface area contributed by atoms with E-state index in [1.165, 1.54) is 0 Å². The maximum absolute atomic E-state index is 11.7. The van der Waals surface area contributed by atoms with Crippen LogP contribution in [0.5, 0.6) is 0 Å². The molecule has 0 atom stereocenters. The number of nitrogens with one attached hydrogen (secondary N) is 2. The average molecular weight is 304 g/mol. The molecule has 0 unspecified atom stereocenters. The number of benzene rings is 2. The highest BCUT2D eigenvalue weighted by molar-refractivity contribution is 6.00. The van der Waals surface area contributed by atoms with Gasteiger partial charge in [-0.25, -0.2) is 0 Å². The highest BCUT2D eigenvalue weighted by atomic mass is 16.1. The zero-order valence-corrected chi connectivity index (χ0v) is 12.8. The fraction of sp³-hybridized carbons (Fsp3) is 0.167. The molecule has 0 saturated heterocycles. The van der Waals surface area contributed by atoms with E-state index in [1.807, 2.05) is 37.3 Å². The molecule has 5 heteroatoms. The molecule has 0 aliphatic rings. The first-order valence-corrected chi connectivity index (χ1v) is 7.50. The first-order chi connectivity index (χ1) is 11.2. The molecule has 5 nitrogen and oxygen atoms in total. The van der Waals surface area contributed by atoms with Crippen LogP contribution in [0.1, 0.15) is 25.3 Å². The summed E-state index contributed by atoms with van der Waals surface area (Å²) in [7, 11) is 0.